The smallest absolute Gasteiger partial charge is 0.129 e. The number of aryl methyl sites for hydroxylation is 1. The van der Waals surface area contributed by atoms with Gasteiger partial charge in [-0.15, -0.1) is 11.3 Å². The lowest BCUT2D eigenvalue weighted by molar-refractivity contribution is 0.541. The van der Waals surface area contributed by atoms with Gasteiger partial charge in [-0.05, 0) is 47.5 Å². The van der Waals surface area contributed by atoms with Gasteiger partial charge < -0.3 is 5.73 Å². The van der Waals surface area contributed by atoms with Crippen LogP contribution >= 0.6 is 27.3 Å². The summed E-state index contributed by atoms with van der Waals surface area (Å²) >= 11 is 4.94. The highest BCUT2D eigenvalue weighted by Crippen LogP contribution is 2.31. The van der Waals surface area contributed by atoms with Crippen molar-refractivity contribution in [3.63, 3.8) is 0 Å². The lowest BCUT2D eigenvalue weighted by Gasteiger charge is -2.11. The number of halogens is 3. The maximum atomic E-state index is 13.5. The van der Waals surface area contributed by atoms with Crippen molar-refractivity contribution < 1.29 is 8.78 Å². The van der Waals surface area contributed by atoms with E-state index in [1.807, 2.05) is 13.0 Å². The van der Waals surface area contributed by atoms with E-state index in [-0.39, 0.29) is 12.0 Å². The fourth-order valence-corrected chi connectivity index (χ4v) is 3.27. The molecule has 1 nitrogen and oxygen atoms in total. The summed E-state index contributed by atoms with van der Waals surface area (Å²) in [6.07, 6.45) is 0.158. The predicted octanol–water partition coefficient (Wildman–Crippen LogP) is 4.34. The largest absolute Gasteiger partial charge is 0.323 e. The van der Waals surface area contributed by atoms with Gasteiger partial charge in [-0.3, -0.25) is 0 Å². The van der Waals surface area contributed by atoms with Crippen LogP contribution in [0.4, 0.5) is 8.78 Å². The second-order valence-electron chi connectivity index (χ2n) is 4.06. The molecule has 1 aromatic carbocycles. The minimum atomic E-state index is -0.544. The Morgan fingerprint density at radius 2 is 1.94 bits per heavy atom. The van der Waals surface area contributed by atoms with Crippen molar-refractivity contribution in [1.82, 2.24) is 0 Å². The van der Waals surface area contributed by atoms with E-state index in [4.69, 9.17) is 5.73 Å². The van der Waals surface area contributed by atoms with Crippen LogP contribution in [0.15, 0.2) is 28.7 Å². The van der Waals surface area contributed by atoms with E-state index in [1.54, 1.807) is 0 Å². The minimum Gasteiger partial charge on any atom is -0.323 e. The van der Waals surface area contributed by atoms with Gasteiger partial charge in [0.05, 0.1) is 0 Å². The molecule has 18 heavy (non-hydrogen) atoms. The van der Waals surface area contributed by atoms with E-state index >= 15 is 0 Å². The number of rotatable bonds is 3. The molecule has 0 aliphatic carbocycles. The van der Waals surface area contributed by atoms with Crippen LogP contribution < -0.4 is 5.73 Å². The second kappa shape index (κ2) is 5.47. The van der Waals surface area contributed by atoms with Gasteiger partial charge in [-0.25, -0.2) is 8.78 Å². The molecule has 0 radical (unpaired) electrons. The van der Waals surface area contributed by atoms with Gasteiger partial charge in [-0.2, -0.15) is 0 Å². The van der Waals surface area contributed by atoms with Gasteiger partial charge in [-0.1, -0.05) is 6.07 Å². The van der Waals surface area contributed by atoms with Crippen LogP contribution in [0.5, 0.6) is 0 Å². The number of hydrogen-bond donors (Lipinski definition) is 1. The monoisotopic (exact) mass is 331 g/mol. The zero-order chi connectivity index (χ0) is 13.3. The number of hydrogen-bond acceptors (Lipinski definition) is 2. The Hall–Kier alpha value is -0.780. The Morgan fingerprint density at radius 3 is 2.44 bits per heavy atom. The zero-order valence-electron chi connectivity index (χ0n) is 9.71. The molecule has 2 rings (SSSR count). The van der Waals surface area contributed by atoms with Crippen LogP contribution in [0, 0.1) is 18.6 Å². The first-order chi connectivity index (χ1) is 8.49. The summed E-state index contributed by atoms with van der Waals surface area (Å²) < 4.78 is 28.0. The lowest BCUT2D eigenvalue weighted by atomic mass is 10.0. The normalized spacial score (nSPS) is 12.7. The number of nitrogens with two attached hydrogens (primary N) is 1. The van der Waals surface area contributed by atoms with Crippen molar-refractivity contribution in [2.75, 3.05) is 0 Å². The van der Waals surface area contributed by atoms with E-state index in [1.165, 1.54) is 29.5 Å². The molecule has 5 heteroatoms. The summed E-state index contributed by atoms with van der Waals surface area (Å²) in [5, 5.41) is 0. The molecular formula is C13H12BrF2NS. The van der Waals surface area contributed by atoms with Gasteiger partial charge in [0.25, 0.3) is 0 Å². The molecule has 1 aromatic heterocycles. The Bertz CT molecular complexity index is 528. The Labute approximate surface area is 117 Å². The van der Waals surface area contributed by atoms with E-state index < -0.39 is 17.7 Å². The number of benzene rings is 1. The van der Waals surface area contributed by atoms with E-state index in [0.717, 1.165) is 14.2 Å². The Morgan fingerprint density at radius 1 is 1.33 bits per heavy atom. The first-order valence-electron chi connectivity index (χ1n) is 5.43. The zero-order valence-corrected chi connectivity index (χ0v) is 12.1. The molecule has 0 spiro atoms. The maximum Gasteiger partial charge on any atom is 0.129 e. The highest BCUT2D eigenvalue weighted by atomic mass is 79.9. The molecule has 1 heterocycles. The second-order valence-corrected chi connectivity index (χ2v) is 6.21. The van der Waals surface area contributed by atoms with E-state index in [2.05, 4.69) is 15.9 Å². The quantitative estimate of drug-likeness (QED) is 0.889. The summed E-state index contributed by atoms with van der Waals surface area (Å²) in [5.74, 6) is -1.09. The Kier molecular flexibility index (Phi) is 4.14. The van der Waals surface area contributed by atoms with Crippen LogP contribution in [-0.4, -0.2) is 0 Å². The molecule has 1 atom stereocenters. The molecule has 2 N–H and O–H groups in total. The average Bonchev–Trinajstić information content (AvgIpc) is 2.64. The summed E-state index contributed by atoms with van der Waals surface area (Å²) in [4.78, 5) is 2.02. The van der Waals surface area contributed by atoms with E-state index in [9.17, 15) is 8.78 Å². The van der Waals surface area contributed by atoms with Crippen molar-refractivity contribution in [1.29, 1.82) is 0 Å². The van der Waals surface area contributed by atoms with Crippen molar-refractivity contribution in [3.8, 4) is 0 Å². The van der Waals surface area contributed by atoms with Gasteiger partial charge in [0.15, 0.2) is 0 Å². The molecule has 0 amide bonds. The number of thiophene rings is 1. The molecular weight excluding hydrogens is 320 g/mol. The SMILES string of the molecule is Cc1sc(C(N)Cc2c(F)cccc2F)cc1Br. The van der Waals surface area contributed by atoms with Crippen molar-refractivity contribution in [2.24, 2.45) is 5.73 Å². The van der Waals surface area contributed by atoms with Crippen LogP contribution in [0.1, 0.15) is 21.4 Å². The minimum absolute atomic E-state index is 0.0483. The molecule has 0 fully saturated rings. The standard InChI is InChI=1S/C13H12BrF2NS/c1-7-9(14)6-13(18-7)12(17)5-8-10(15)3-2-4-11(8)16/h2-4,6,12H,5,17H2,1H3. The average molecular weight is 332 g/mol. The lowest BCUT2D eigenvalue weighted by Crippen LogP contribution is -2.13. The first-order valence-corrected chi connectivity index (χ1v) is 7.04. The van der Waals surface area contributed by atoms with E-state index in [0.29, 0.717) is 0 Å². The fourth-order valence-electron chi connectivity index (χ4n) is 1.71. The van der Waals surface area contributed by atoms with Crippen LogP contribution in [-0.2, 0) is 6.42 Å². The topological polar surface area (TPSA) is 26.0 Å². The van der Waals surface area contributed by atoms with Crippen molar-refractivity contribution in [2.45, 2.75) is 19.4 Å². The van der Waals surface area contributed by atoms with Gasteiger partial charge in [0.1, 0.15) is 11.6 Å². The molecule has 0 bridgehead atoms. The van der Waals surface area contributed by atoms with Crippen molar-refractivity contribution in [3.05, 3.63) is 55.7 Å². The third kappa shape index (κ3) is 2.79. The third-order valence-electron chi connectivity index (χ3n) is 2.73. The third-order valence-corrected chi connectivity index (χ3v) is 5.00. The van der Waals surface area contributed by atoms with Crippen LogP contribution in [0.25, 0.3) is 0 Å². The highest BCUT2D eigenvalue weighted by molar-refractivity contribution is 9.10. The summed E-state index contributed by atoms with van der Waals surface area (Å²) in [6, 6.07) is 5.36. The molecule has 0 saturated heterocycles. The van der Waals surface area contributed by atoms with Crippen LogP contribution in [0.3, 0.4) is 0 Å². The molecule has 0 saturated carbocycles. The molecule has 0 aliphatic heterocycles. The van der Waals surface area contributed by atoms with Crippen molar-refractivity contribution >= 4 is 27.3 Å². The summed E-state index contributed by atoms with van der Waals surface area (Å²) in [5.41, 5.74) is 6.05. The molecule has 0 aliphatic rings. The Balaban J connectivity index is 2.23. The van der Waals surface area contributed by atoms with Gasteiger partial charge >= 0.3 is 0 Å². The first kappa shape index (κ1) is 13.6. The maximum absolute atomic E-state index is 13.5. The summed E-state index contributed by atoms with van der Waals surface area (Å²) in [6.45, 7) is 1.97. The molecule has 1 unspecified atom stereocenters. The highest BCUT2D eigenvalue weighted by Gasteiger charge is 2.16. The van der Waals surface area contributed by atoms with Crippen LogP contribution in [0.2, 0.25) is 0 Å². The fraction of sp³-hybridized carbons (Fsp3) is 0.231. The summed E-state index contributed by atoms with van der Waals surface area (Å²) in [7, 11) is 0. The van der Waals surface area contributed by atoms with Gasteiger partial charge in [0.2, 0.25) is 0 Å². The predicted molar refractivity (Wildman–Crippen MR) is 73.7 cm³/mol. The molecule has 2 aromatic rings. The van der Waals surface area contributed by atoms with Gasteiger partial charge in [0, 0.05) is 25.8 Å². The molecule has 96 valence electrons.